The number of nitrogens with zero attached hydrogens (tertiary/aromatic N) is 4. The van der Waals surface area contributed by atoms with Crippen molar-refractivity contribution in [3.63, 3.8) is 0 Å². The van der Waals surface area contributed by atoms with Crippen molar-refractivity contribution in [1.29, 1.82) is 5.41 Å². The molecule has 3 aromatic rings. The Kier molecular flexibility index (Phi) is 6.61. The number of hydrogen-bond acceptors (Lipinski definition) is 8. The van der Waals surface area contributed by atoms with Gasteiger partial charge in [-0.25, -0.2) is 15.0 Å². The predicted octanol–water partition coefficient (Wildman–Crippen LogP) is 4.07. The lowest BCUT2D eigenvalue weighted by Crippen LogP contribution is -2.26. The van der Waals surface area contributed by atoms with Gasteiger partial charge in [-0.3, -0.25) is 0 Å². The van der Waals surface area contributed by atoms with Crippen molar-refractivity contribution in [3.05, 3.63) is 51.6 Å². The van der Waals surface area contributed by atoms with Crippen molar-refractivity contribution in [1.82, 2.24) is 19.9 Å². The van der Waals surface area contributed by atoms with Crippen molar-refractivity contribution in [3.8, 4) is 17.6 Å². The smallest absolute Gasteiger partial charge is 0.204 e. The highest BCUT2D eigenvalue weighted by Gasteiger charge is 2.26. The van der Waals surface area contributed by atoms with Crippen LogP contribution in [-0.2, 0) is 6.54 Å². The number of nitrogens with two attached hydrogens (primary N) is 1. The molecule has 34 heavy (non-hydrogen) atoms. The Morgan fingerprint density at radius 1 is 1.38 bits per heavy atom. The van der Waals surface area contributed by atoms with Crippen LogP contribution in [0, 0.1) is 24.2 Å². The van der Waals surface area contributed by atoms with E-state index in [4.69, 9.17) is 27.5 Å². The second-order valence-electron chi connectivity index (χ2n) is 8.12. The summed E-state index contributed by atoms with van der Waals surface area (Å²) in [5.74, 6) is 8.16. The molecule has 0 saturated heterocycles. The molecular formula is C24H27ClN8O. The molecule has 1 atom stereocenters. The molecule has 0 bridgehead atoms. The van der Waals surface area contributed by atoms with Crippen LogP contribution in [0.1, 0.15) is 54.8 Å². The van der Waals surface area contributed by atoms with Gasteiger partial charge < -0.3 is 31.1 Å². The maximum atomic E-state index is 8.07. The molecule has 9 nitrogen and oxygen atoms in total. The van der Waals surface area contributed by atoms with Crippen LogP contribution >= 0.6 is 11.6 Å². The Bertz CT molecular complexity index is 1310. The monoisotopic (exact) mass is 478 g/mol. The number of H-pyrrole nitrogens is 1. The maximum absolute atomic E-state index is 8.07. The van der Waals surface area contributed by atoms with Gasteiger partial charge in [-0.2, -0.15) is 0 Å². The summed E-state index contributed by atoms with van der Waals surface area (Å²) in [6, 6.07) is 1.70. The summed E-state index contributed by atoms with van der Waals surface area (Å²) in [5, 5.41) is 12.1. The van der Waals surface area contributed by atoms with Gasteiger partial charge in [0.2, 0.25) is 5.95 Å². The molecule has 5 N–H and O–H groups in total. The van der Waals surface area contributed by atoms with E-state index in [0.717, 1.165) is 34.1 Å². The Balaban J connectivity index is 1.70. The highest BCUT2D eigenvalue weighted by molar-refractivity contribution is 6.31. The van der Waals surface area contributed by atoms with Crippen LogP contribution in [0.2, 0.25) is 5.02 Å². The predicted molar refractivity (Wildman–Crippen MR) is 135 cm³/mol. The Labute approximate surface area is 203 Å². The summed E-state index contributed by atoms with van der Waals surface area (Å²) in [6.45, 7) is 9.15. The molecule has 1 aliphatic rings. The minimum Gasteiger partial charge on any atom is -0.491 e. The summed E-state index contributed by atoms with van der Waals surface area (Å²) in [7, 11) is 0. The molecule has 4 rings (SSSR count). The molecule has 0 amide bonds. The van der Waals surface area contributed by atoms with E-state index in [1.54, 1.807) is 20.0 Å². The number of hydrogen-bond donors (Lipinski definition) is 4. The average molecular weight is 479 g/mol. The van der Waals surface area contributed by atoms with E-state index in [2.05, 4.69) is 42.0 Å². The van der Waals surface area contributed by atoms with Crippen LogP contribution in [0.15, 0.2) is 18.6 Å². The van der Waals surface area contributed by atoms with Gasteiger partial charge in [0.15, 0.2) is 0 Å². The van der Waals surface area contributed by atoms with Crippen LogP contribution < -0.4 is 20.7 Å². The normalized spacial score (nSPS) is 13.7. The third kappa shape index (κ3) is 4.50. The first kappa shape index (κ1) is 23.4. The van der Waals surface area contributed by atoms with E-state index in [-0.39, 0.29) is 17.6 Å². The van der Waals surface area contributed by atoms with E-state index in [1.165, 1.54) is 6.33 Å². The van der Waals surface area contributed by atoms with Gasteiger partial charge >= 0.3 is 0 Å². The van der Waals surface area contributed by atoms with Crippen LogP contribution in [-0.4, -0.2) is 38.8 Å². The number of anilines is 3. The fourth-order valence-electron chi connectivity index (χ4n) is 4.02. The van der Waals surface area contributed by atoms with Crippen molar-refractivity contribution in [2.45, 2.75) is 40.3 Å². The second-order valence-corrected chi connectivity index (χ2v) is 8.53. The number of benzene rings is 1. The second kappa shape index (κ2) is 9.61. The van der Waals surface area contributed by atoms with Gasteiger partial charge in [-0.05, 0) is 45.2 Å². The molecule has 2 aromatic heterocycles. The molecule has 0 radical (unpaired) electrons. The molecule has 1 aliphatic heterocycles. The molecule has 10 heteroatoms. The molecule has 1 aromatic carbocycles. The lowest BCUT2D eigenvalue weighted by molar-refractivity contribution is 0.326. The fraction of sp³-hybridized carbons (Fsp3) is 0.333. The minimum absolute atomic E-state index is 0.221. The SMILES string of the molecule is CC#Cc1cnc(N2CCOc3c(C(C)Nc4ncnc(N)c4C(C)=N)cc(Cl)c(C)c3C2)[nH]1. The van der Waals surface area contributed by atoms with E-state index < -0.39 is 0 Å². The van der Waals surface area contributed by atoms with Crippen LogP contribution in [0.4, 0.5) is 17.6 Å². The zero-order chi connectivity index (χ0) is 24.4. The largest absolute Gasteiger partial charge is 0.491 e. The highest BCUT2D eigenvalue weighted by Crippen LogP contribution is 2.39. The first-order valence-corrected chi connectivity index (χ1v) is 11.3. The molecule has 3 heterocycles. The molecule has 176 valence electrons. The summed E-state index contributed by atoms with van der Waals surface area (Å²) in [4.78, 5) is 18.2. The van der Waals surface area contributed by atoms with Crippen molar-refractivity contribution in [2.24, 2.45) is 0 Å². The third-order valence-electron chi connectivity index (χ3n) is 5.78. The molecule has 0 fully saturated rings. The van der Waals surface area contributed by atoms with E-state index in [1.807, 2.05) is 19.9 Å². The topological polar surface area (TPSA) is 129 Å². The molecular weight excluding hydrogens is 452 g/mol. The first-order valence-electron chi connectivity index (χ1n) is 10.9. The summed E-state index contributed by atoms with van der Waals surface area (Å²) in [5.41, 5.74) is 10.4. The quantitative estimate of drug-likeness (QED) is 0.321. The number of aromatic amines is 1. The number of aromatic nitrogens is 4. The third-order valence-corrected chi connectivity index (χ3v) is 6.17. The summed E-state index contributed by atoms with van der Waals surface area (Å²) >= 11 is 6.67. The van der Waals surface area contributed by atoms with Gasteiger partial charge in [0.05, 0.1) is 24.3 Å². The fourth-order valence-corrected chi connectivity index (χ4v) is 4.25. The Hall–Kier alpha value is -3.77. The molecule has 0 spiro atoms. The molecule has 0 aliphatic carbocycles. The molecule has 0 saturated carbocycles. The van der Waals surface area contributed by atoms with Crippen LogP contribution in [0.25, 0.3) is 0 Å². The number of rotatable bonds is 5. The zero-order valence-corrected chi connectivity index (χ0v) is 20.3. The number of nitrogen functional groups attached to an aromatic ring is 1. The Morgan fingerprint density at radius 3 is 2.91 bits per heavy atom. The van der Waals surface area contributed by atoms with Gasteiger partial charge in [-0.15, -0.1) is 0 Å². The van der Waals surface area contributed by atoms with Gasteiger partial charge in [-0.1, -0.05) is 17.5 Å². The highest BCUT2D eigenvalue weighted by atomic mass is 35.5. The number of halogens is 1. The Morgan fingerprint density at radius 2 is 2.18 bits per heavy atom. The standard InChI is InChI=1S/C24H27ClN8O/c1-5-6-16-10-28-24(32-16)33-7-8-34-21-17(9-19(25)13(2)18(21)11-33)15(4)31-23-20(14(3)26)22(27)29-12-30-23/h9-10,12,15,26H,7-8,11H2,1-4H3,(H,28,32)(H3,27,29,30,31). The maximum Gasteiger partial charge on any atom is 0.204 e. The lowest BCUT2D eigenvalue weighted by atomic mass is 9.98. The summed E-state index contributed by atoms with van der Waals surface area (Å²) < 4.78 is 6.27. The van der Waals surface area contributed by atoms with E-state index in [9.17, 15) is 0 Å². The first-order chi connectivity index (χ1) is 16.3. The number of nitrogens with one attached hydrogen (secondary N) is 3. The van der Waals surface area contributed by atoms with Gasteiger partial charge in [0.1, 0.15) is 36.0 Å². The van der Waals surface area contributed by atoms with Crippen LogP contribution in [0.3, 0.4) is 0 Å². The molecule has 1 unspecified atom stereocenters. The van der Waals surface area contributed by atoms with E-state index in [0.29, 0.717) is 36.1 Å². The average Bonchev–Trinajstić information content (AvgIpc) is 3.14. The number of imidazole rings is 1. The van der Waals surface area contributed by atoms with E-state index >= 15 is 0 Å². The summed E-state index contributed by atoms with van der Waals surface area (Å²) in [6.07, 6.45) is 3.12. The van der Waals surface area contributed by atoms with Crippen molar-refractivity contribution < 1.29 is 4.74 Å². The minimum atomic E-state index is -0.221. The van der Waals surface area contributed by atoms with Gasteiger partial charge in [0.25, 0.3) is 0 Å². The van der Waals surface area contributed by atoms with Crippen LogP contribution in [0.5, 0.6) is 5.75 Å². The zero-order valence-electron chi connectivity index (χ0n) is 19.6. The van der Waals surface area contributed by atoms with Gasteiger partial charge in [0, 0.05) is 28.4 Å². The number of fused-ring (bicyclic) bond motifs is 1. The van der Waals surface area contributed by atoms with Crippen molar-refractivity contribution in [2.75, 3.05) is 29.1 Å². The van der Waals surface area contributed by atoms with Crippen molar-refractivity contribution >= 4 is 34.9 Å². The number of ether oxygens (including phenoxy) is 1. The lowest BCUT2D eigenvalue weighted by Gasteiger charge is -2.24.